The van der Waals surface area contributed by atoms with Gasteiger partial charge in [-0.05, 0) is 43.7 Å². The highest BCUT2D eigenvalue weighted by Gasteiger charge is 2.32. The van der Waals surface area contributed by atoms with Crippen molar-refractivity contribution in [2.75, 3.05) is 13.2 Å². The monoisotopic (exact) mass is 428 g/mol. The number of rotatable bonds is 8. The van der Waals surface area contributed by atoms with E-state index in [4.69, 9.17) is 4.74 Å². The second kappa shape index (κ2) is 10.2. The fourth-order valence-corrected chi connectivity index (χ4v) is 4.82. The average Bonchev–Trinajstić information content (AvgIpc) is 2.70. The number of carbonyl (C=O) groups excluding carboxylic acids is 2. The molecule has 0 radical (unpaired) electrons. The topological polar surface area (TPSA) is 92.8 Å². The minimum absolute atomic E-state index is 0.135. The van der Waals surface area contributed by atoms with Crippen LogP contribution >= 0.6 is 0 Å². The summed E-state index contributed by atoms with van der Waals surface area (Å²) < 4.78 is 46.2. The summed E-state index contributed by atoms with van der Waals surface area (Å²) in [5, 5.41) is 0. The normalized spacial score (nSPS) is 18.5. The summed E-state index contributed by atoms with van der Waals surface area (Å²) >= 11 is 0. The lowest BCUT2D eigenvalue weighted by molar-refractivity contribution is -0.155. The van der Waals surface area contributed by atoms with Crippen molar-refractivity contribution in [2.45, 2.75) is 63.4 Å². The smallest absolute Gasteiger partial charge is 0.324 e. The number of sulfonamides is 1. The Labute approximate surface area is 171 Å². The minimum Gasteiger partial charge on any atom is -0.454 e. The van der Waals surface area contributed by atoms with E-state index in [2.05, 4.69) is 4.72 Å². The number of ether oxygens (including phenoxy) is 1. The number of benzene rings is 1. The second-order valence-corrected chi connectivity index (χ2v) is 9.21. The molecule has 2 atom stereocenters. The highest BCUT2D eigenvalue weighted by molar-refractivity contribution is 7.89. The summed E-state index contributed by atoms with van der Waals surface area (Å²) in [7, 11) is -4.27. The van der Waals surface area contributed by atoms with Crippen LogP contribution in [0, 0.1) is 11.7 Å². The first-order valence-electron chi connectivity index (χ1n) is 9.90. The van der Waals surface area contributed by atoms with Crippen molar-refractivity contribution in [3.05, 3.63) is 30.1 Å². The van der Waals surface area contributed by atoms with Crippen LogP contribution in [0.5, 0.6) is 0 Å². The minimum atomic E-state index is -4.27. The first kappa shape index (κ1) is 23.3. The average molecular weight is 429 g/mol. The number of hydrogen-bond acceptors (Lipinski definition) is 5. The van der Waals surface area contributed by atoms with Crippen LogP contribution in [0.3, 0.4) is 0 Å². The van der Waals surface area contributed by atoms with Crippen LogP contribution in [0.1, 0.15) is 46.5 Å². The summed E-state index contributed by atoms with van der Waals surface area (Å²) in [6.45, 7) is 5.46. The third kappa shape index (κ3) is 5.99. The molecule has 9 heteroatoms. The zero-order chi connectivity index (χ0) is 21.6. The lowest BCUT2D eigenvalue weighted by Gasteiger charge is -2.35. The number of hydrogen-bond donors (Lipinski definition) is 1. The highest BCUT2D eigenvalue weighted by Crippen LogP contribution is 2.20. The van der Waals surface area contributed by atoms with Gasteiger partial charge in [0.1, 0.15) is 16.8 Å². The molecule has 1 fully saturated rings. The van der Waals surface area contributed by atoms with E-state index in [1.54, 1.807) is 18.7 Å². The van der Waals surface area contributed by atoms with Gasteiger partial charge in [0.15, 0.2) is 6.61 Å². The van der Waals surface area contributed by atoms with Crippen molar-refractivity contribution in [3.8, 4) is 0 Å². The number of piperidine rings is 1. The van der Waals surface area contributed by atoms with Gasteiger partial charge >= 0.3 is 5.97 Å². The van der Waals surface area contributed by atoms with Gasteiger partial charge in [0, 0.05) is 12.6 Å². The van der Waals surface area contributed by atoms with Gasteiger partial charge in [0.05, 0.1) is 0 Å². The SMILES string of the molecule is CCC1CCCCN1C(=O)COC(=O)C(NS(=O)(=O)c1ccccc1F)C(C)C. The van der Waals surface area contributed by atoms with Crippen LogP contribution in [-0.4, -0.2) is 50.4 Å². The molecule has 162 valence electrons. The van der Waals surface area contributed by atoms with E-state index < -0.39 is 45.3 Å². The Kier molecular flexibility index (Phi) is 8.15. The Morgan fingerprint density at radius 2 is 1.97 bits per heavy atom. The first-order chi connectivity index (χ1) is 13.7. The van der Waals surface area contributed by atoms with Crippen LogP contribution in [0.4, 0.5) is 4.39 Å². The van der Waals surface area contributed by atoms with Crippen molar-refractivity contribution < 1.29 is 27.1 Å². The zero-order valence-electron chi connectivity index (χ0n) is 17.1. The van der Waals surface area contributed by atoms with Gasteiger partial charge in [0.25, 0.3) is 5.91 Å². The summed E-state index contributed by atoms with van der Waals surface area (Å²) in [4.78, 5) is 26.2. The van der Waals surface area contributed by atoms with Gasteiger partial charge in [0.2, 0.25) is 10.0 Å². The molecule has 1 aliphatic rings. The van der Waals surface area contributed by atoms with Crippen LogP contribution < -0.4 is 4.72 Å². The lowest BCUT2D eigenvalue weighted by Crippen LogP contribution is -2.48. The Bertz CT molecular complexity index is 828. The molecular weight excluding hydrogens is 399 g/mol. The predicted octanol–water partition coefficient (Wildman–Crippen LogP) is 2.46. The molecule has 1 heterocycles. The molecule has 2 rings (SSSR count). The molecule has 1 aliphatic heterocycles. The van der Waals surface area contributed by atoms with E-state index in [0.29, 0.717) is 6.54 Å². The predicted molar refractivity (Wildman–Crippen MR) is 106 cm³/mol. The van der Waals surface area contributed by atoms with Crippen LogP contribution in [0.15, 0.2) is 29.2 Å². The molecule has 1 aromatic carbocycles. The van der Waals surface area contributed by atoms with E-state index >= 15 is 0 Å². The number of halogens is 1. The number of nitrogens with one attached hydrogen (secondary N) is 1. The molecule has 0 bridgehead atoms. The van der Waals surface area contributed by atoms with E-state index in [-0.39, 0.29) is 11.9 Å². The largest absolute Gasteiger partial charge is 0.454 e. The van der Waals surface area contributed by atoms with Crippen LogP contribution in [0.2, 0.25) is 0 Å². The van der Waals surface area contributed by atoms with Crippen LogP contribution in [-0.2, 0) is 24.3 Å². The number of likely N-dealkylation sites (tertiary alicyclic amines) is 1. The maximum absolute atomic E-state index is 13.9. The van der Waals surface area contributed by atoms with Gasteiger partial charge in [-0.25, -0.2) is 12.8 Å². The molecule has 1 aromatic rings. The van der Waals surface area contributed by atoms with Gasteiger partial charge in [-0.15, -0.1) is 0 Å². The van der Waals surface area contributed by atoms with Crippen molar-refractivity contribution in [1.29, 1.82) is 0 Å². The molecule has 29 heavy (non-hydrogen) atoms. The maximum atomic E-state index is 13.9. The molecule has 1 amide bonds. The van der Waals surface area contributed by atoms with E-state index in [9.17, 15) is 22.4 Å². The quantitative estimate of drug-likeness (QED) is 0.642. The Morgan fingerprint density at radius 3 is 2.59 bits per heavy atom. The van der Waals surface area contributed by atoms with Crippen molar-refractivity contribution >= 4 is 21.9 Å². The van der Waals surface area contributed by atoms with Crippen molar-refractivity contribution in [3.63, 3.8) is 0 Å². The zero-order valence-corrected chi connectivity index (χ0v) is 17.9. The summed E-state index contributed by atoms with van der Waals surface area (Å²) in [6.07, 6.45) is 3.73. The summed E-state index contributed by atoms with van der Waals surface area (Å²) in [5.41, 5.74) is 0. The summed E-state index contributed by atoms with van der Waals surface area (Å²) in [5.74, 6) is -2.53. The van der Waals surface area contributed by atoms with Gasteiger partial charge in [-0.1, -0.05) is 32.9 Å². The molecule has 2 unspecified atom stereocenters. The Hall–Kier alpha value is -2.00. The third-order valence-corrected chi connectivity index (χ3v) is 6.56. The molecule has 1 N–H and O–H groups in total. The number of amides is 1. The third-order valence-electron chi connectivity index (χ3n) is 5.09. The van der Waals surface area contributed by atoms with E-state index in [1.807, 2.05) is 6.92 Å². The van der Waals surface area contributed by atoms with Crippen molar-refractivity contribution in [1.82, 2.24) is 9.62 Å². The fourth-order valence-electron chi connectivity index (χ4n) is 3.41. The Morgan fingerprint density at radius 1 is 1.28 bits per heavy atom. The standard InChI is InChI=1S/C20H29FN2O5S/c1-4-15-9-7-8-12-23(15)18(24)13-28-20(25)19(14(2)3)22-29(26,27)17-11-6-5-10-16(17)21/h5-6,10-11,14-15,19,22H,4,7-9,12-13H2,1-3H3. The molecule has 7 nitrogen and oxygen atoms in total. The molecule has 0 aromatic heterocycles. The lowest BCUT2D eigenvalue weighted by atomic mass is 10.00. The first-order valence-corrected chi connectivity index (χ1v) is 11.4. The second-order valence-electron chi connectivity index (χ2n) is 7.53. The summed E-state index contributed by atoms with van der Waals surface area (Å²) in [6, 6.07) is 3.80. The molecule has 0 aliphatic carbocycles. The van der Waals surface area contributed by atoms with Crippen molar-refractivity contribution in [2.24, 2.45) is 5.92 Å². The van der Waals surface area contributed by atoms with E-state index in [0.717, 1.165) is 37.8 Å². The molecule has 0 spiro atoms. The number of nitrogens with zero attached hydrogens (tertiary/aromatic N) is 1. The number of esters is 1. The van der Waals surface area contributed by atoms with Gasteiger partial charge < -0.3 is 9.64 Å². The van der Waals surface area contributed by atoms with Gasteiger partial charge in [-0.2, -0.15) is 4.72 Å². The molecule has 1 saturated heterocycles. The maximum Gasteiger partial charge on any atom is 0.324 e. The number of carbonyl (C=O) groups is 2. The highest BCUT2D eigenvalue weighted by atomic mass is 32.2. The fraction of sp³-hybridized carbons (Fsp3) is 0.600. The van der Waals surface area contributed by atoms with E-state index in [1.165, 1.54) is 12.1 Å². The van der Waals surface area contributed by atoms with Crippen LogP contribution in [0.25, 0.3) is 0 Å². The molecule has 0 saturated carbocycles. The molecular formula is C20H29FN2O5S. The van der Waals surface area contributed by atoms with Gasteiger partial charge in [-0.3, -0.25) is 9.59 Å². The Balaban J connectivity index is 2.04.